The second-order valence-electron chi connectivity index (χ2n) is 2.30. The van der Waals surface area contributed by atoms with E-state index in [1.54, 1.807) is 0 Å². The second-order valence-corrected chi connectivity index (χ2v) is 2.30. The van der Waals surface area contributed by atoms with Gasteiger partial charge >= 0.3 is 0 Å². The van der Waals surface area contributed by atoms with E-state index in [0.29, 0.717) is 0 Å². The van der Waals surface area contributed by atoms with Crippen molar-refractivity contribution in [3.63, 3.8) is 0 Å². The standard InChI is InChI=1S/C7H4F2N2O3/c8-7(9)6-4(3-12)5(11(13)14)1-2-10-6/h1-3,7H. The molecular formula is C7H4F2N2O3. The van der Waals surface area contributed by atoms with E-state index in [2.05, 4.69) is 4.98 Å². The SMILES string of the molecule is O=Cc1c([N+](=O)[O-])ccnc1C(F)F. The molecule has 0 amide bonds. The highest BCUT2D eigenvalue weighted by Crippen LogP contribution is 2.25. The largest absolute Gasteiger partial charge is 0.298 e. The molecule has 1 aromatic rings. The zero-order valence-electron chi connectivity index (χ0n) is 6.68. The average molecular weight is 202 g/mol. The number of nitro groups is 1. The first kappa shape index (κ1) is 10.2. The number of alkyl halides is 2. The van der Waals surface area contributed by atoms with E-state index in [-0.39, 0.29) is 6.29 Å². The van der Waals surface area contributed by atoms with Crippen LogP contribution in [0.4, 0.5) is 14.5 Å². The Morgan fingerprint density at radius 3 is 2.64 bits per heavy atom. The molecule has 0 saturated carbocycles. The van der Waals surface area contributed by atoms with Gasteiger partial charge in [-0.25, -0.2) is 8.78 Å². The van der Waals surface area contributed by atoms with Gasteiger partial charge in [0.1, 0.15) is 11.3 Å². The molecule has 74 valence electrons. The monoisotopic (exact) mass is 202 g/mol. The molecule has 0 bridgehead atoms. The summed E-state index contributed by atoms with van der Waals surface area (Å²) in [5, 5.41) is 10.3. The predicted molar refractivity (Wildman–Crippen MR) is 41.2 cm³/mol. The van der Waals surface area contributed by atoms with Crippen LogP contribution in [0.1, 0.15) is 22.5 Å². The Labute approximate surface area is 76.5 Å². The summed E-state index contributed by atoms with van der Waals surface area (Å²) >= 11 is 0. The molecule has 0 atom stereocenters. The van der Waals surface area contributed by atoms with Crippen LogP contribution >= 0.6 is 0 Å². The van der Waals surface area contributed by atoms with Crippen molar-refractivity contribution in [3.8, 4) is 0 Å². The maximum atomic E-state index is 12.2. The lowest BCUT2D eigenvalue weighted by Crippen LogP contribution is -2.02. The molecule has 7 heteroatoms. The van der Waals surface area contributed by atoms with Gasteiger partial charge in [0.15, 0.2) is 6.29 Å². The molecule has 14 heavy (non-hydrogen) atoms. The number of aromatic nitrogens is 1. The minimum atomic E-state index is -3.00. The first-order valence-electron chi connectivity index (χ1n) is 3.44. The molecule has 0 spiro atoms. The fourth-order valence-corrected chi connectivity index (χ4v) is 0.933. The van der Waals surface area contributed by atoms with E-state index in [1.807, 2.05) is 0 Å². The number of nitrogens with zero attached hydrogens (tertiary/aromatic N) is 2. The van der Waals surface area contributed by atoms with Crippen LogP contribution in [0.5, 0.6) is 0 Å². The highest BCUT2D eigenvalue weighted by atomic mass is 19.3. The van der Waals surface area contributed by atoms with Crippen molar-refractivity contribution in [1.29, 1.82) is 0 Å². The Balaban J connectivity index is 3.39. The van der Waals surface area contributed by atoms with Gasteiger partial charge in [-0.1, -0.05) is 0 Å². The number of rotatable bonds is 3. The fourth-order valence-electron chi connectivity index (χ4n) is 0.933. The van der Waals surface area contributed by atoms with Gasteiger partial charge in [0.2, 0.25) is 0 Å². The lowest BCUT2D eigenvalue weighted by atomic mass is 10.2. The first-order chi connectivity index (χ1) is 6.57. The highest BCUT2D eigenvalue weighted by Gasteiger charge is 2.23. The van der Waals surface area contributed by atoms with Crippen LogP contribution in [0.3, 0.4) is 0 Å². The number of carbonyl (C=O) groups excluding carboxylic acids is 1. The van der Waals surface area contributed by atoms with Crippen molar-refractivity contribution >= 4 is 12.0 Å². The Bertz CT molecular complexity index is 381. The number of halogens is 2. The third kappa shape index (κ3) is 1.70. The first-order valence-corrected chi connectivity index (χ1v) is 3.44. The van der Waals surface area contributed by atoms with Gasteiger partial charge in [0.05, 0.1) is 4.92 Å². The maximum absolute atomic E-state index is 12.2. The van der Waals surface area contributed by atoms with Crippen molar-refractivity contribution in [2.75, 3.05) is 0 Å². The van der Waals surface area contributed by atoms with E-state index in [0.717, 1.165) is 12.3 Å². The van der Waals surface area contributed by atoms with Crippen molar-refractivity contribution < 1.29 is 18.5 Å². The second kappa shape index (κ2) is 3.86. The van der Waals surface area contributed by atoms with Gasteiger partial charge in [0, 0.05) is 12.3 Å². The Morgan fingerprint density at radius 1 is 1.57 bits per heavy atom. The van der Waals surface area contributed by atoms with Crippen molar-refractivity contribution in [2.24, 2.45) is 0 Å². The quantitative estimate of drug-likeness (QED) is 0.425. The zero-order valence-corrected chi connectivity index (χ0v) is 6.68. The van der Waals surface area contributed by atoms with Crippen molar-refractivity contribution in [3.05, 3.63) is 33.6 Å². The number of carbonyl (C=O) groups is 1. The molecule has 1 heterocycles. The molecule has 0 aliphatic carbocycles. The summed E-state index contributed by atoms with van der Waals surface area (Å²) in [5.74, 6) is 0. The fraction of sp³-hybridized carbons (Fsp3) is 0.143. The summed E-state index contributed by atoms with van der Waals surface area (Å²) in [5.41, 5.74) is -2.20. The van der Waals surface area contributed by atoms with E-state index >= 15 is 0 Å². The normalized spacial score (nSPS) is 10.2. The molecule has 0 saturated heterocycles. The molecule has 0 radical (unpaired) electrons. The molecule has 0 aliphatic heterocycles. The summed E-state index contributed by atoms with van der Waals surface area (Å²) in [6.07, 6.45) is -2.13. The van der Waals surface area contributed by atoms with Crippen LogP contribution < -0.4 is 0 Å². The van der Waals surface area contributed by atoms with Gasteiger partial charge in [-0.2, -0.15) is 0 Å². The van der Waals surface area contributed by atoms with Crippen LogP contribution in [0, 0.1) is 10.1 Å². The summed E-state index contributed by atoms with van der Waals surface area (Å²) in [4.78, 5) is 23.0. The van der Waals surface area contributed by atoms with Crippen LogP contribution in [-0.4, -0.2) is 16.2 Å². The number of pyridine rings is 1. The van der Waals surface area contributed by atoms with Gasteiger partial charge in [-0.3, -0.25) is 19.9 Å². The zero-order chi connectivity index (χ0) is 10.7. The lowest BCUT2D eigenvalue weighted by Gasteiger charge is -2.01. The highest BCUT2D eigenvalue weighted by molar-refractivity contribution is 5.82. The smallest absolute Gasteiger partial charge is 0.283 e. The summed E-state index contributed by atoms with van der Waals surface area (Å²) < 4.78 is 24.4. The topological polar surface area (TPSA) is 73.1 Å². The Kier molecular flexibility index (Phi) is 2.80. The minimum absolute atomic E-state index is 0.00657. The third-order valence-corrected chi connectivity index (χ3v) is 1.52. The minimum Gasteiger partial charge on any atom is -0.298 e. The Morgan fingerprint density at radius 2 is 2.21 bits per heavy atom. The molecular weight excluding hydrogens is 198 g/mol. The summed E-state index contributed by atoms with van der Waals surface area (Å²) in [7, 11) is 0. The van der Waals surface area contributed by atoms with Crippen LogP contribution in [-0.2, 0) is 0 Å². The Hall–Kier alpha value is -1.92. The van der Waals surface area contributed by atoms with Crippen molar-refractivity contribution in [1.82, 2.24) is 4.98 Å². The number of hydrogen-bond acceptors (Lipinski definition) is 4. The average Bonchev–Trinajstić information content (AvgIpc) is 2.16. The van der Waals surface area contributed by atoms with E-state index in [4.69, 9.17) is 0 Å². The van der Waals surface area contributed by atoms with Crippen LogP contribution in [0.15, 0.2) is 12.3 Å². The van der Waals surface area contributed by atoms with Gasteiger partial charge in [-0.15, -0.1) is 0 Å². The van der Waals surface area contributed by atoms with E-state index < -0.39 is 28.3 Å². The van der Waals surface area contributed by atoms with Crippen LogP contribution in [0.2, 0.25) is 0 Å². The number of hydrogen-bond donors (Lipinski definition) is 0. The molecule has 1 rings (SSSR count). The molecule has 0 N–H and O–H groups in total. The molecule has 1 aromatic heterocycles. The van der Waals surface area contributed by atoms with Crippen molar-refractivity contribution in [2.45, 2.75) is 6.43 Å². The molecule has 0 unspecified atom stereocenters. The van der Waals surface area contributed by atoms with E-state index in [1.165, 1.54) is 0 Å². The van der Waals surface area contributed by atoms with E-state index in [9.17, 15) is 23.7 Å². The van der Waals surface area contributed by atoms with Gasteiger partial charge < -0.3 is 0 Å². The summed E-state index contributed by atoms with van der Waals surface area (Å²) in [6, 6.07) is 0.898. The molecule has 0 fully saturated rings. The molecule has 5 nitrogen and oxygen atoms in total. The van der Waals surface area contributed by atoms with Gasteiger partial charge in [0.25, 0.3) is 12.1 Å². The molecule has 0 aliphatic rings. The van der Waals surface area contributed by atoms with Crippen LogP contribution in [0.25, 0.3) is 0 Å². The maximum Gasteiger partial charge on any atom is 0.283 e. The lowest BCUT2D eigenvalue weighted by molar-refractivity contribution is -0.385. The van der Waals surface area contributed by atoms with Gasteiger partial charge in [-0.05, 0) is 0 Å². The molecule has 0 aromatic carbocycles. The summed E-state index contributed by atoms with van der Waals surface area (Å²) in [6.45, 7) is 0. The predicted octanol–water partition coefficient (Wildman–Crippen LogP) is 1.74. The number of aldehydes is 1. The third-order valence-electron chi connectivity index (χ3n) is 1.52.